The topological polar surface area (TPSA) is 26.0 Å². The van der Waals surface area contributed by atoms with Crippen LogP contribution in [-0.4, -0.2) is 7.85 Å². The molecule has 2 N–H and O–H groups in total. The fraction of sp³-hybridized carbons (Fsp3) is 0.333. The molecular formula is C6H10BN. The summed E-state index contributed by atoms with van der Waals surface area (Å²) in [7, 11) is 2.13. The molecule has 0 bridgehead atoms. The lowest BCUT2D eigenvalue weighted by Gasteiger charge is -2.10. The van der Waals surface area contributed by atoms with Crippen molar-refractivity contribution in [2.45, 2.75) is 12.2 Å². The van der Waals surface area contributed by atoms with Gasteiger partial charge in [0, 0.05) is 5.70 Å². The fourth-order valence-corrected chi connectivity index (χ4v) is 0.762. The summed E-state index contributed by atoms with van der Waals surface area (Å²) < 4.78 is 0. The number of allylic oxidation sites excluding steroid dienone is 4. The summed E-state index contributed by atoms with van der Waals surface area (Å²) in [6.07, 6.45) is 7.22. The summed E-state index contributed by atoms with van der Waals surface area (Å²) in [5.74, 6) is 0.556. The first-order valence-electron chi connectivity index (χ1n) is 2.93. The lowest BCUT2D eigenvalue weighted by Crippen LogP contribution is -2.07. The molecule has 8 heavy (non-hydrogen) atoms. The Balaban J connectivity index is 2.66. The van der Waals surface area contributed by atoms with Crippen molar-refractivity contribution in [3.05, 3.63) is 23.9 Å². The highest BCUT2D eigenvalue weighted by Gasteiger charge is 2.03. The summed E-state index contributed by atoms with van der Waals surface area (Å²) in [5.41, 5.74) is 6.60. The van der Waals surface area contributed by atoms with Crippen molar-refractivity contribution in [2.24, 2.45) is 5.73 Å². The molecule has 1 rings (SSSR count). The van der Waals surface area contributed by atoms with Crippen molar-refractivity contribution in [1.82, 2.24) is 0 Å². The summed E-state index contributed by atoms with van der Waals surface area (Å²) >= 11 is 0. The van der Waals surface area contributed by atoms with Gasteiger partial charge in [0.1, 0.15) is 7.85 Å². The average Bonchev–Trinajstić information content (AvgIpc) is 1.77. The highest BCUT2D eigenvalue weighted by atomic mass is 14.6. The van der Waals surface area contributed by atoms with Crippen LogP contribution >= 0.6 is 0 Å². The van der Waals surface area contributed by atoms with Crippen LogP contribution in [0.25, 0.3) is 0 Å². The largest absolute Gasteiger partial charge is 0.402 e. The standard InChI is InChI=1S/C6H10BN/c7-5-3-1-2-4-6(5)8/h1-2,4-5H,3,7-8H2. The molecule has 0 aromatic heterocycles. The second kappa shape index (κ2) is 2.08. The summed E-state index contributed by atoms with van der Waals surface area (Å²) in [6, 6.07) is 0. The van der Waals surface area contributed by atoms with E-state index in [0.29, 0.717) is 5.82 Å². The van der Waals surface area contributed by atoms with Crippen LogP contribution in [0.15, 0.2) is 23.9 Å². The highest BCUT2D eigenvalue weighted by Crippen LogP contribution is 2.17. The van der Waals surface area contributed by atoms with Gasteiger partial charge in [-0.05, 0) is 18.3 Å². The molecule has 0 aliphatic heterocycles. The van der Waals surface area contributed by atoms with Gasteiger partial charge in [0.15, 0.2) is 0 Å². The second-order valence-electron chi connectivity index (χ2n) is 2.23. The van der Waals surface area contributed by atoms with E-state index in [9.17, 15) is 0 Å². The van der Waals surface area contributed by atoms with Crippen LogP contribution in [0.4, 0.5) is 0 Å². The van der Waals surface area contributed by atoms with Crippen LogP contribution in [0.5, 0.6) is 0 Å². The molecule has 0 fully saturated rings. The molecule has 0 saturated heterocycles. The van der Waals surface area contributed by atoms with E-state index in [4.69, 9.17) is 5.73 Å². The van der Waals surface area contributed by atoms with E-state index in [0.717, 1.165) is 12.1 Å². The maximum absolute atomic E-state index is 5.59. The molecule has 0 saturated carbocycles. The van der Waals surface area contributed by atoms with Gasteiger partial charge in [0.25, 0.3) is 0 Å². The van der Waals surface area contributed by atoms with E-state index in [1.54, 1.807) is 0 Å². The molecule has 0 heterocycles. The quantitative estimate of drug-likeness (QED) is 0.440. The van der Waals surface area contributed by atoms with Crippen LogP contribution in [-0.2, 0) is 0 Å². The Hall–Kier alpha value is -0.655. The Kier molecular flexibility index (Phi) is 1.42. The smallest absolute Gasteiger partial charge is 0.113 e. The van der Waals surface area contributed by atoms with Crippen LogP contribution in [0.1, 0.15) is 6.42 Å². The molecule has 1 atom stereocenters. The van der Waals surface area contributed by atoms with Gasteiger partial charge in [0.2, 0.25) is 0 Å². The maximum atomic E-state index is 5.59. The van der Waals surface area contributed by atoms with Crippen LogP contribution in [0.3, 0.4) is 0 Å². The third-order valence-electron chi connectivity index (χ3n) is 1.48. The molecule has 1 aliphatic rings. The Labute approximate surface area is 50.7 Å². The molecule has 2 heteroatoms. The molecule has 1 unspecified atom stereocenters. The SMILES string of the molecule is BC1CC=CC=C1N. The molecule has 0 amide bonds. The van der Waals surface area contributed by atoms with Gasteiger partial charge < -0.3 is 5.73 Å². The molecule has 0 spiro atoms. The molecule has 42 valence electrons. The van der Waals surface area contributed by atoms with Gasteiger partial charge >= 0.3 is 0 Å². The third-order valence-corrected chi connectivity index (χ3v) is 1.48. The lowest BCUT2D eigenvalue weighted by molar-refractivity contribution is 0.938. The zero-order chi connectivity index (χ0) is 5.98. The maximum Gasteiger partial charge on any atom is 0.113 e. The van der Waals surface area contributed by atoms with Crippen LogP contribution in [0.2, 0.25) is 5.82 Å². The third kappa shape index (κ3) is 0.943. The fourth-order valence-electron chi connectivity index (χ4n) is 0.762. The molecule has 0 radical (unpaired) electrons. The monoisotopic (exact) mass is 107 g/mol. The summed E-state index contributed by atoms with van der Waals surface area (Å²) in [6.45, 7) is 0. The zero-order valence-corrected chi connectivity index (χ0v) is 5.09. The minimum atomic E-state index is 0.556. The molecule has 1 aliphatic carbocycles. The predicted octanol–water partition coefficient (Wildman–Crippen LogP) is 0.211. The van der Waals surface area contributed by atoms with Crippen molar-refractivity contribution in [1.29, 1.82) is 0 Å². The normalized spacial score (nSPS) is 27.5. The van der Waals surface area contributed by atoms with E-state index in [1.165, 1.54) is 0 Å². The first-order chi connectivity index (χ1) is 3.80. The number of hydrogen-bond acceptors (Lipinski definition) is 1. The minimum absolute atomic E-state index is 0.556. The van der Waals surface area contributed by atoms with Gasteiger partial charge in [0.05, 0.1) is 0 Å². The Morgan fingerprint density at radius 3 is 2.88 bits per heavy atom. The van der Waals surface area contributed by atoms with Crippen molar-refractivity contribution in [2.75, 3.05) is 0 Å². The van der Waals surface area contributed by atoms with Crippen molar-refractivity contribution in [3.8, 4) is 0 Å². The van der Waals surface area contributed by atoms with Gasteiger partial charge in [-0.2, -0.15) is 0 Å². The van der Waals surface area contributed by atoms with Crippen LogP contribution in [0, 0.1) is 0 Å². The molecular weight excluding hydrogens is 96.9 g/mol. The number of hydrogen-bond donors (Lipinski definition) is 1. The van der Waals surface area contributed by atoms with Crippen molar-refractivity contribution >= 4 is 7.85 Å². The predicted molar refractivity (Wildman–Crippen MR) is 38.3 cm³/mol. The van der Waals surface area contributed by atoms with E-state index in [1.807, 2.05) is 12.2 Å². The van der Waals surface area contributed by atoms with E-state index >= 15 is 0 Å². The Morgan fingerprint density at radius 1 is 1.75 bits per heavy atom. The van der Waals surface area contributed by atoms with Gasteiger partial charge in [-0.15, -0.1) is 0 Å². The Bertz CT molecular complexity index is 137. The summed E-state index contributed by atoms with van der Waals surface area (Å²) in [5, 5.41) is 0. The van der Waals surface area contributed by atoms with E-state index < -0.39 is 0 Å². The number of nitrogens with two attached hydrogens (primary N) is 1. The Morgan fingerprint density at radius 2 is 2.50 bits per heavy atom. The van der Waals surface area contributed by atoms with Gasteiger partial charge in [-0.25, -0.2) is 0 Å². The van der Waals surface area contributed by atoms with Crippen LogP contribution < -0.4 is 5.73 Å². The second-order valence-corrected chi connectivity index (χ2v) is 2.23. The van der Waals surface area contributed by atoms with Crippen molar-refractivity contribution in [3.63, 3.8) is 0 Å². The van der Waals surface area contributed by atoms with E-state index in [2.05, 4.69) is 13.9 Å². The highest BCUT2D eigenvalue weighted by molar-refractivity contribution is 6.13. The molecule has 0 aromatic rings. The summed E-state index contributed by atoms with van der Waals surface area (Å²) in [4.78, 5) is 0. The minimum Gasteiger partial charge on any atom is -0.402 e. The first-order valence-corrected chi connectivity index (χ1v) is 2.93. The average molecular weight is 107 g/mol. The van der Waals surface area contributed by atoms with E-state index in [-0.39, 0.29) is 0 Å². The van der Waals surface area contributed by atoms with Gasteiger partial charge in [-0.3, -0.25) is 0 Å². The van der Waals surface area contributed by atoms with Crippen molar-refractivity contribution < 1.29 is 0 Å². The first kappa shape index (κ1) is 5.48. The lowest BCUT2D eigenvalue weighted by atomic mass is 9.80. The molecule has 1 nitrogen and oxygen atoms in total. The van der Waals surface area contributed by atoms with Gasteiger partial charge in [-0.1, -0.05) is 12.2 Å². The zero-order valence-electron chi connectivity index (χ0n) is 5.09. The number of rotatable bonds is 0. The molecule has 0 aromatic carbocycles.